The van der Waals surface area contributed by atoms with Crippen LogP contribution in [-0.2, 0) is 16.6 Å². The van der Waals surface area contributed by atoms with Crippen molar-refractivity contribution in [3.8, 4) is 0 Å². The third-order valence-corrected chi connectivity index (χ3v) is 4.08. The van der Waals surface area contributed by atoms with Crippen molar-refractivity contribution in [2.24, 2.45) is 0 Å². The van der Waals surface area contributed by atoms with Gasteiger partial charge in [-0.15, -0.1) is 0 Å². The van der Waals surface area contributed by atoms with Crippen LogP contribution in [0.2, 0.25) is 0 Å². The van der Waals surface area contributed by atoms with Crippen molar-refractivity contribution in [2.45, 2.75) is 6.54 Å². The monoisotopic (exact) mass is 371 g/mol. The van der Waals surface area contributed by atoms with Crippen LogP contribution in [0.15, 0.2) is 61.2 Å². The highest BCUT2D eigenvalue weighted by Crippen LogP contribution is 2.19. The van der Waals surface area contributed by atoms with Crippen molar-refractivity contribution < 1.29 is 13.2 Å². The summed E-state index contributed by atoms with van der Waals surface area (Å²) in [6.45, 7) is 0.579. The van der Waals surface area contributed by atoms with Gasteiger partial charge in [-0.2, -0.15) is 5.10 Å². The van der Waals surface area contributed by atoms with Crippen molar-refractivity contribution in [1.82, 2.24) is 14.8 Å². The van der Waals surface area contributed by atoms with Crippen LogP contribution in [-0.4, -0.2) is 35.3 Å². The molecule has 0 fully saturated rings. The van der Waals surface area contributed by atoms with Gasteiger partial charge in [0.15, 0.2) is 0 Å². The number of hydrogen-bond acceptors (Lipinski definition) is 5. The summed E-state index contributed by atoms with van der Waals surface area (Å²) in [5.41, 5.74) is 2.08. The zero-order chi connectivity index (χ0) is 18.6. The van der Waals surface area contributed by atoms with Crippen LogP contribution in [0.25, 0.3) is 0 Å². The average molecular weight is 371 g/mol. The summed E-state index contributed by atoms with van der Waals surface area (Å²) >= 11 is 0. The molecule has 0 spiro atoms. The molecule has 1 heterocycles. The normalized spacial score (nSPS) is 11.1. The molecule has 0 saturated heterocycles. The maximum absolute atomic E-state index is 12.5. The zero-order valence-electron chi connectivity index (χ0n) is 14.0. The van der Waals surface area contributed by atoms with Crippen molar-refractivity contribution >= 4 is 27.3 Å². The first-order chi connectivity index (χ1) is 12.4. The fraction of sp³-hybridized carbons (Fsp3) is 0.118. The van der Waals surface area contributed by atoms with Crippen LogP contribution in [0.1, 0.15) is 15.9 Å². The quantitative estimate of drug-likeness (QED) is 0.689. The number of hydrogen-bond donors (Lipinski definition) is 2. The summed E-state index contributed by atoms with van der Waals surface area (Å²) in [7, 11) is -3.48. The molecular weight excluding hydrogens is 354 g/mol. The van der Waals surface area contributed by atoms with Gasteiger partial charge in [-0.25, -0.2) is 18.1 Å². The van der Waals surface area contributed by atoms with Crippen LogP contribution in [0, 0.1) is 0 Å². The summed E-state index contributed by atoms with van der Waals surface area (Å²) in [4.78, 5) is 16.4. The van der Waals surface area contributed by atoms with Gasteiger partial charge in [-0.05, 0) is 29.8 Å². The Bertz CT molecular complexity index is 999. The molecule has 2 aromatic carbocycles. The van der Waals surface area contributed by atoms with Gasteiger partial charge in [-0.3, -0.25) is 9.52 Å². The maximum Gasteiger partial charge on any atom is 0.257 e. The van der Waals surface area contributed by atoms with Gasteiger partial charge in [0.05, 0.1) is 24.1 Å². The van der Waals surface area contributed by atoms with Crippen LogP contribution in [0.5, 0.6) is 0 Å². The van der Waals surface area contributed by atoms with E-state index in [1.165, 1.54) is 12.4 Å². The van der Waals surface area contributed by atoms with E-state index in [0.29, 0.717) is 12.2 Å². The first kappa shape index (κ1) is 17.6. The maximum atomic E-state index is 12.5. The van der Waals surface area contributed by atoms with E-state index < -0.39 is 15.9 Å². The number of nitrogens with zero attached hydrogens (tertiary/aromatic N) is 3. The molecule has 0 atom stereocenters. The number of para-hydroxylation sites is 1. The van der Waals surface area contributed by atoms with Gasteiger partial charge in [-0.1, -0.05) is 24.3 Å². The summed E-state index contributed by atoms with van der Waals surface area (Å²) in [5.74, 6) is -0.402. The topological polar surface area (TPSA) is 106 Å². The number of amides is 1. The van der Waals surface area contributed by atoms with Crippen molar-refractivity contribution in [3.05, 3.63) is 72.3 Å². The molecule has 3 aromatic rings. The highest BCUT2D eigenvalue weighted by atomic mass is 32.2. The molecule has 0 aliphatic rings. The molecule has 0 aliphatic heterocycles. The van der Waals surface area contributed by atoms with Crippen LogP contribution in [0.3, 0.4) is 0 Å². The van der Waals surface area contributed by atoms with Gasteiger partial charge in [0.25, 0.3) is 5.91 Å². The predicted octanol–water partition coefficient (Wildman–Crippen LogP) is 1.95. The number of sulfonamides is 1. The van der Waals surface area contributed by atoms with Crippen LogP contribution >= 0.6 is 0 Å². The minimum Gasteiger partial charge on any atom is -0.322 e. The van der Waals surface area contributed by atoms with Gasteiger partial charge >= 0.3 is 0 Å². The second kappa shape index (κ2) is 7.36. The molecule has 3 rings (SSSR count). The van der Waals surface area contributed by atoms with E-state index in [0.717, 1.165) is 11.8 Å². The molecule has 8 nitrogen and oxygen atoms in total. The second-order valence-corrected chi connectivity index (χ2v) is 7.41. The lowest BCUT2D eigenvalue weighted by molar-refractivity contribution is 0.102. The number of nitrogens with one attached hydrogen (secondary N) is 2. The van der Waals surface area contributed by atoms with Crippen LogP contribution < -0.4 is 10.0 Å². The third kappa shape index (κ3) is 4.67. The van der Waals surface area contributed by atoms with Gasteiger partial charge in [0.1, 0.15) is 12.7 Å². The Hall–Kier alpha value is -3.20. The fourth-order valence-corrected chi connectivity index (χ4v) is 2.94. The van der Waals surface area contributed by atoms with E-state index in [4.69, 9.17) is 0 Å². The van der Waals surface area contributed by atoms with E-state index in [1.54, 1.807) is 41.3 Å². The largest absolute Gasteiger partial charge is 0.322 e. The molecular formula is C17H17N5O3S. The van der Waals surface area contributed by atoms with Gasteiger partial charge in [0, 0.05) is 5.69 Å². The Balaban J connectivity index is 1.72. The lowest BCUT2D eigenvalue weighted by atomic mass is 10.1. The van der Waals surface area contributed by atoms with E-state index in [1.807, 2.05) is 12.1 Å². The number of anilines is 2. The summed E-state index contributed by atoms with van der Waals surface area (Å²) in [6.07, 6.45) is 4.13. The Morgan fingerprint density at radius 3 is 2.50 bits per heavy atom. The molecule has 0 unspecified atom stereocenters. The van der Waals surface area contributed by atoms with E-state index in [9.17, 15) is 13.2 Å². The Kier molecular flexibility index (Phi) is 4.99. The number of carbonyl (C=O) groups is 1. The molecule has 0 aliphatic carbocycles. The number of aromatic nitrogens is 3. The number of rotatable bonds is 6. The molecule has 0 bridgehead atoms. The predicted molar refractivity (Wildman–Crippen MR) is 98.4 cm³/mol. The minimum atomic E-state index is -3.48. The van der Waals surface area contributed by atoms with Crippen molar-refractivity contribution in [1.29, 1.82) is 0 Å². The van der Waals surface area contributed by atoms with E-state index in [-0.39, 0.29) is 11.3 Å². The Morgan fingerprint density at radius 2 is 1.85 bits per heavy atom. The lowest BCUT2D eigenvalue weighted by Gasteiger charge is -2.11. The van der Waals surface area contributed by atoms with Crippen LogP contribution in [0.4, 0.5) is 11.4 Å². The molecule has 1 amide bonds. The first-order valence-electron chi connectivity index (χ1n) is 7.70. The standard InChI is InChI=1S/C17H17N5O3S/c1-26(24,25)21-16-5-3-2-4-15(16)17(23)20-14-8-6-13(7-9-14)10-22-12-18-11-19-22/h2-9,11-12,21H,10H2,1H3,(H,20,23). The molecule has 134 valence electrons. The van der Waals surface area contributed by atoms with Crippen molar-refractivity contribution in [3.63, 3.8) is 0 Å². The molecule has 0 radical (unpaired) electrons. The molecule has 9 heteroatoms. The third-order valence-electron chi connectivity index (χ3n) is 3.49. The Labute approximate surface area is 150 Å². The molecule has 1 aromatic heterocycles. The SMILES string of the molecule is CS(=O)(=O)Nc1ccccc1C(=O)Nc1ccc(Cn2cncn2)cc1. The number of benzene rings is 2. The summed E-state index contributed by atoms with van der Waals surface area (Å²) in [6, 6.07) is 13.7. The average Bonchev–Trinajstić information content (AvgIpc) is 3.08. The minimum absolute atomic E-state index is 0.232. The smallest absolute Gasteiger partial charge is 0.257 e. The Morgan fingerprint density at radius 1 is 1.12 bits per heavy atom. The molecule has 0 saturated carbocycles. The van der Waals surface area contributed by atoms with Gasteiger partial charge < -0.3 is 5.32 Å². The van der Waals surface area contributed by atoms with Gasteiger partial charge in [0.2, 0.25) is 10.0 Å². The molecule has 26 heavy (non-hydrogen) atoms. The highest BCUT2D eigenvalue weighted by molar-refractivity contribution is 7.92. The second-order valence-electron chi connectivity index (χ2n) is 5.66. The van der Waals surface area contributed by atoms with E-state index >= 15 is 0 Å². The van der Waals surface area contributed by atoms with Crippen molar-refractivity contribution in [2.75, 3.05) is 16.3 Å². The number of carbonyl (C=O) groups excluding carboxylic acids is 1. The highest BCUT2D eigenvalue weighted by Gasteiger charge is 2.13. The fourth-order valence-electron chi connectivity index (χ4n) is 2.36. The molecule has 2 N–H and O–H groups in total. The summed E-state index contributed by atoms with van der Waals surface area (Å²) in [5, 5.41) is 6.80. The summed E-state index contributed by atoms with van der Waals surface area (Å²) < 4.78 is 26.9. The zero-order valence-corrected chi connectivity index (χ0v) is 14.8. The first-order valence-corrected chi connectivity index (χ1v) is 9.59. The van der Waals surface area contributed by atoms with E-state index in [2.05, 4.69) is 20.1 Å². The lowest BCUT2D eigenvalue weighted by Crippen LogP contribution is -2.17.